The fourth-order valence-corrected chi connectivity index (χ4v) is 2.93. The summed E-state index contributed by atoms with van der Waals surface area (Å²) in [5, 5.41) is 7.03. The van der Waals surface area contributed by atoms with Crippen molar-refractivity contribution in [1.29, 1.82) is 0 Å². The second kappa shape index (κ2) is 6.03. The number of nitrogens with one attached hydrogen (secondary N) is 1. The Morgan fingerprint density at radius 2 is 1.81 bits per heavy atom. The third-order valence-electron chi connectivity index (χ3n) is 4.34. The Morgan fingerprint density at radius 3 is 2.54 bits per heavy atom. The van der Waals surface area contributed by atoms with Gasteiger partial charge in [0.25, 0.3) is 11.5 Å². The maximum Gasteiger partial charge on any atom is 0.276 e. The van der Waals surface area contributed by atoms with Gasteiger partial charge in [-0.3, -0.25) is 9.59 Å². The lowest BCUT2D eigenvalue weighted by Crippen LogP contribution is -2.20. The molecule has 1 amide bonds. The highest BCUT2D eigenvalue weighted by molar-refractivity contribution is 6.06. The molecule has 0 aliphatic heterocycles. The number of benzene rings is 2. The van der Waals surface area contributed by atoms with Crippen LogP contribution in [-0.4, -0.2) is 27.2 Å². The Bertz CT molecular complexity index is 1190. The fourth-order valence-electron chi connectivity index (χ4n) is 2.93. The van der Waals surface area contributed by atoms with E-state index in [4.69, 9.17) is 4.74 Å². The number of anilines is 1. The molecule has 0 radical (unpaired) electrons. The molecule has 0 aliphatic carbocycles. The number of aryl methyl sites for hydroxylation is 1. The van der Waals surface area contributed by atoms with Gasteiger partial charge in [0.15, 0.2) is 0 Å². The van der Waals surface area contributed by atoms with Crippen LogP contribution in [-0.2, 0) is 7.05 Å². The van der Waals surface area contributed by atoms with E-state index >= 15 is 0 Å². The van der Waals surface area contributed by atoms with E-state index in [0.29, 0.717) is 28.0 Å². The van der Waals surface area contributed by atoms with Gasteiger partial charge in [-0.25, -0.2) is 4.52 Å². The number of hydrogen-bond donors (Lipinski definition) is 1. The van der Waals surface area contributed by atoms with Gasteiger partial charge in [-0.15, -0.1) is 0 Å². The number of amides is 1. The van der Waals surface area contributed by atoms with Crippen molar-refractivity contribution in [2.75, 3.05) is 12.4 Å². The molecule has 4 aromatic rings. The van der Waals surface area contributed by atoms with E-state index in [-0.39, 0.29) is 11.5 Å². The number of hydrogen-bond acceptors (Lipinski definition) is 4. The molecular weight excluding hydrogens is 332 g/mol. The van der Waals surface area contributed by atoms with Gasteiger partial charge in [0.1, 0.15) is 11.3 Å². The number of carbonyl (C=O) groups is 1. The SMILES string of the molecule is COc1ccc(NC(=O)c2ccc3c(c2)n(C)c(=O)c2ccnn23)cc1. The molecule has 26 heavy (non-hydrogen) atoms. The Balaban J connectivity index is 1.74. The third kappa shape index (κ3) is 2.50. The zero-order valence-corrected chi connectivity index (χ0v) is 14.3. The van der Waals surface area contributed by atoms with Crippen molar-refractivity contribution < 1.29 is 9.53 Å². The Hall–Kier alpha value is -3.61. The summed E-state index contributed by atoms with van der Waals surface area (Å²) in [5.41, 5.74) is 2.84. The van der Waals surface area contributed by atoms with Crippen LogP contribution in [0, 0.1) is 0 Å². The van der Waals surface area contributed by atoms with Gasteiger partial charge in [-0.2, -0.15) is 5.10 Å². The number of fused-ring (bicyclic) bond motifs is 3. The Morgan fingerprint density at radius 1 is 1.04 bits per heavy atom. The monoisotopic (exact) mass is 348 g/mol. The largest absolute Gasteiger partial charge is 0.497 e. The van der Waals surface area contributed by atoms with Gasteiger partial charge < -0.3 is 14.6 Å². The molecule has 0 aliphatic rings. The molecule has 0 fully saturated rings. The van der Waals surface area contributed by atoms with Crippen LogP contribution >= 0.6 is 0 Å². The van der Waals surface area contributed by atoms with Gasteiger partial charge in [0.05, 0.1) is 24.3 Å². The molecule has 0 atom stereocenters. The van der Waals surface area contributed by atoms with Crippen LogP contribution in [0.1, 0.15) is 10.4 Å². The second-order valence-corrected chi connectivity index (χ2v) is 5.88. The number of nitrogens with zero attached hydrogens (tertiary/aromatic N) is 3. The quantitative estimate of drug-likeness (QED) is 0.617. The van der Waals surface area contributed by atoms with Crippen LogP contribution in [0.5, 0.6) is 5.75 Å². The first kappa shape index (κ1) is 15.9. The molecule has 0 unspecified atom stereocenters. The smallest absolute Gasteiger partial charge is 0.276 e. The van der Waals surface area contributed by atoms with E-state index in [9.17, 15) is 9.59 Å². The highest BCUT2D eigenvalue weighted by Crippen LogP contribution is 2.18. The van der Waals surface area contributed by atoms with Crippen LogP contribution in [0.2, 0.25) is 0 Å². The molecule has 0 saturated heterocycles. The summed E-state index contributed by atoms with van der Waals surface area (Å²) in [6.45, 7) is 0. The van der Waals surface area contributed by atoms with E-state index in [0.717, 1.165) is 5.52 Å². The first-order chi connectivity index (χ1) is 12.6. The van der Waals surface area contributed by atoms with E-state index in [1.165, 1.54) is 4.57 Å². The molecule has 7 heteroatoms. The van der Waals surface area contributed by atoms with Crippen molar-refractivity contribution in [3.8, 4) is 5.75 Å². The second-order valence-electron chi connectivity index (χ2n) is 5.88. The number of methoxy groups -OCH3 is 1. The van der Waals surface area contributed by atoms with Gasteiger partial charge in [0, 0.05) is 18.3 Å². The summed E-state index contributed by atoms with van der Waals surface area (Å²) in [6, 6.07) is 13.9. The minimum Gasteiger partial charge on any atom is -0.497 e. The standard InChI is InChI=1S/C19H16N4O3/c1-22-17-11-12(18(24)21-13-4-6-14(26-2)7-5-13)3-8-15(17)23-16(19(22)25)9-10-20-23/h3-11H,1-2H3,(H,21,24). The highest BCUT2D eigenvalue weighted by Gasteiger charge is 2.13. The average Bonchev–Trinajstić information content (AvgIpc) is 3.16. The summed E-state index contributed by atoms with van der Waals surface area (Å²) in [7, 11) is 3.27. The molecule has 2 aromatic carbocycles. The lowest BCUT2D eigenvalue weighted by atomic mass is 10.1. The highest BCUT2D eigenvalue weighted by atomic mass is 16.5. The summed E-state index contributed by atoms with van der Waals surface area (Å²) < 4.78 is 8.22. The summed E-state index contributed by atoms with van der Waals surface area (Å²) >= 11 is 0. The van der Waals surface area contributed by atoms with Crippen LogP contribution in [0.25, 0.3) is 16.6 Å². The number of rotatable bonds is 3. The Kier molecular flexibility index (Phi) is 3.69. The van der Waals surface area contributed by atoms with Gasteiger partial charge in [-0.05, 0) is 48.5 Å². The third-order valence-corrected chi connectivity index (χ3v) is 4.34. The van der Waals surface area contributed by atoms with Gasteiger partial charge in [0.2, 0.25) is 0 Å². The van der Waals surface area contributed by atoms with Crippen molar-refractivity contribution in [1.82, 2.24) is 14.2 Å². The molecule has 0 spiro atoms. The Labute approximate surface area is 148 Å². The topological polar surface area (TPSA) is 77.6 Å². The van der Waals surface area contributed by atoms with Crippen molar-refractivity contribution in [3.63, 3.8) is 0 Å². The van der Waals surface area contributed by atoms with Crippen LogP contribution in [0.4, 0.5) is 5.69 Å². The normalized spacial score (nSPS) is 11.0. The van der Waals surface area contributed by atoms with Crippen LogP contribution in [0.3, 0.4) is 0 Å². The lowest BCUT2D eigenvalue weighted by Gasteiger charge is -2.10. The molecular formula is C19H16N4O3. The summed E-state index contributed by atoms with van der Waals surface area (Å²) in [5.74, 6) is 0.456. The van der Waals surface area contributed by atoms with Gasteiger partial charge >= 0.3 is 0 Å². The molecule has 7 nitrogen and oxygen atoms in total. The van der Waals surface area contributed by atoms with Gasteiger partial charge in [-0.1, -0.05) is 0 Å². The number of ether oxygens (including phenoxy) is 1. The van der Waals surface area contributed by atoms with E-state index in [2.05, 4.69) is 10.4 Å². The van der Waals surface area contributed by atoms with Crippen LogP contribution < -0.4 is 15.6 Å². The van der Waals surface area contributed by atoms with Crippen molar-refractivity contribution >= 4 is 28.1 Å². The predicted molar refractivity (Wildman–Crippen MR) is 98.9 cm³/mol. The van der Waals surface area contributed by atoms with Crippen molar-refractivity contribution in [2.24, 2.45) is 7.05 Å². The minimum atomic E-state index is -0.259. The fraction of sp³-hybridized carbons (Fsp3) is 0.105. The van der Waals surface area contributed by atoms with Crippen molar-refractivity contribution in [2.45, 2.75) is 0 Å². The van der Waals surface area contributed by atoms with Crippen molar-refractivity contribution in [3.05, 3.63) is 70.6 Å². The first-order valence-electron chi connectivity index (χ1n) is 8.00. The predicted octanol–water partition coefficient (Wildman–Crippen LogP) is 2.45. The maximum atomic E-state index is 12.6. The minimum absolute atomic E-state index is 0.164. The average molecular weight is 348 g/mol. The number of aromatic nitrogens is 3. The molecule has 2 aromatic heterocycles. The maximum absolute atomic E-state index is 12.6. The first-order valence-corrected chi connectivity index (χ1v) is 8.00. The van der Waals surface area contributed by atoms with Crippen LogP contribution in [0.15, 0.2) is 59.5 Å². The molecule has 1 N–H and O–H groups in total. The van der Waals surface area contributed by atoms with E-state index in [1.54, 1.807) is 73.4 Å². The van der Waals surface area contributed by atoms with E-state index in [1.807, 2.05) is 0 Å². The molecule has 130 valence electrons. The summed E-state index contributed by atoms with van der Waals surface area (Å²) in [4.78, 5) is 25.0. The zero-order chi connectivity index (χ0) is 18.3. The molecule has 4 rings (SSSR count). The lowest BCUT2D eigenvalue weighted by molar-refractivity contribution is 0.102. The zero-order valence-electron chi connectivity index (χ0n) is 14.3. The molecule has 0 saturated carbocycles. The van der Waals surface area contributed by atoms with E-state index < -0.39 is 0 Å². The molecule has 0 bridgehead atoms. The number of carbonyl (C=O) groups excluding carboxylic acids is 1. The summed E-state index contributed by atoms with van der Waals surface area (Å²) in [6.07, 6.45) is 1.58. The molecule has 2 heterocycles.